The molecule has 0 fully saturated rings. The van der Waals surface area contributed by atoms with E-state index in [2.05, 4.69) is 38.0 Å². The maximum atomic E-state index is 2.34. The van der Waals surface area contributed by atoms with E-state index in [-0.39, 0.29) is 20.4 Å². The van der Waals surface area contributed by atoms with Crippen LogP contribution in [0.15, 0.2) is 12.1 Å². The molecule has 1 rings (SSSR count). The van der Waals surface area contributed by atoms with E-state index < -0.39 is 0 Å². The third kappa shape index (κ3) is 1.77. The molecule has 0 N–H and O–H groups in total. The number of benzene rings is 1. The summed E-state index contributed by atoms with van der Waals surface area (Å²) in [4.78, 5) is 0. The number of rotatable bonds is 1. The molecule has 0 unspecified atom stereocenters. The fourth-order valence-corrected chi connectivity index (χ4v) is 2.54. The lowest BCUT2D eigenvalue weighted by atomic mass is 10.0. The molecule has 0 atom stereocenters. The molecule has 0 heterocycles. The Balaban J connectivity index is 3.25. The van der Waals surface area contributed by atoms with Gasteiger partial charge in [-0.2, -0.15) is 3.69 Å². The van der Waals surface area contributed by atoms with E-state index in [1.54, 1.807) is 3.69 Å². The van der Waals surface area contributed by atoms with Gasteiger partial charge in [0.15, 0.2) is 0 Å². The Morgan fingerprint density at radius 3 is 2.18 bits per heavy atom. The summed E-state index contributed by atoms with van der Waals surface area (Å²) in [5.74, 6) is 0. The molecular formula is C10H14Mg. The van der Waals surface area contributed by atoms with Gasteiger partial charge in [0, 0.05) is 0 Å². The van der Waals surface area contributed by atoms with Crippen molar-refractivity contribution in [2.24, 2.45) is 0 Å². The van der Waals surface area contributed by atoms with Crippen molar-refractivity contribution in [3.8, 4) is 0 Å². The summed E-state index contributed by atoms with van der Waals surface area (Å²) in [7, 11) is 0. The van der Waals surface area contributed by atoms with Crippen molar-refractivity contribution in [1.29, 1.82) is 0 Å². The Labute approximate surface area is 78.7 Å². The molecule has 0 saturated carbocycles. The van der Waals surface area contributed by atoms with Crippen LogP contribution >= 0.6 is 0 Å². The van der Waals surface area contributed by atoms with Gasteiger partial charge in [-0.05, 0) is 31.9 Å². The van der Waals surface area contributed by atoms with Crippen molar-refractivity contribution in [3.63, 3.8) is 0 Å². The van der Waals surface area contributed by atoms with Gasteiger partial charge in [-0.25, -0.2) is 0 Å². The summed E-state index contributed by atoms with van der Waals surface area (Å²) < 4.78 is 1.62. The predicted molar refractivity (Wildman–Crippen MR) is 51.9 cm³/mol. The van der Waals surface area contributed by atoms with Crippen LogP contribution in [0.2, 0.25) is 5.05 Å². The molecule has 0 aromatic heterocycles. The lowest BCUT2D eigenvalue weighted by Crippen LogP contribution is -2.15. The quantitative estimate of drug-likeness (QED) is 0.549. The topological polar surface area (TPSA) is 0 Å². The third-order valence-corrected chi connectivity index (χ3v) is 4.08. The molecule has 56 valence electrons. The molecule has 0 spiro atoms. The highest BCUT2D eigenvalue weighted by atomic mass is 24.5. The highest BCUT2D eigenvalue weighted by Crippen LogP contribution is 2.08. The first kappa shape index (κ1) is 9.08. The Kier molecular flexibility index (Phi) is 2.96. The number of hydrogen-bond acceptors (Lipinski definition) is 0. The molecular weight excluding hydrogens is 144 g/mol. The molecule has 0 amide bonds. The Morgan fingerprint density at radius 1 is 1.00 bits per heavy atom. The van der Waals surface area contributed by atoms with Gasteiger partial charge in [-0.1, -0.05) is 17.7 Å². The minimum Gasteiger partial charge on any atom is -0.171 e. The number of hydrogen-bond donors (Lipinski definition) is 0. The minimum absolute atomic E-state index is 0.0250. The molecule has 1 aromatic rings. The van der Waals surface area contributed by atoms with Gasteiger partial charge in [0.25, 0.3) is 0 Å². The molecule has 0 aliphatic carbocycles. The first-order valence-electron chi connectivity index (χ1n) is 4.22. The van der Waals surface area contributed by atoms with Crippen LogP contribution in [0.1, 0.15) is 16.7 Å². The van der Waals surface area contributed by atoms with Crippen molar-refractivity contribution in [2.75, 3.05) is 0 Å². The summed E-state index contributed by atoms with van der Waals surface area (Å²) in [6.07, 6.45) is 0. The first-order valence-corrected chi connectivity index (χ1v) is 6.34. The van der Waals surface area contributed by atoms with Crippen LogP contribution in [0, 0.1) is 20.8 Å². The molecule has 0 radical (unpaired) electrons. The monoisotopic (exact) mass is 158 g/mol. The summed E-state index contributed by atoms with van der Waals surface area (Å²) in [5, 5.41) is 2.34. The van der Waals surface area contributed by atoms with Crippen molar-refractivity contribution >= 4 is 24.1 Å². The third-order valence-electron chi connectivity index (χ3n) is 2.55. The zero-order valence-electron chi connectivity index (χ0n) is 7.86. The van der Waals surface area contributed by atoms with E-state index in [9.17, 15) is 0 Å². The lowest BCUT2D eigenvalue weighted by Gasteiger charge is -2.09. The largest absolute Gasteiger partial charge is 0.405 e. The molecule has 1 aromatic carbocycles. The van der Waals surface area contributed by atoms with Crippen LogP contribution in [0.4, 0.5) is 0 Å². The van der Waals surface area contributed by atoms with Gasteiger partial charge in [0.1, 0.15) is 0 Å². The molecule has 0 bridgehead atoms. The maximum absolute atomic E-state index is 2.34. The molecule has 0 nitrogen and oxygen atoms in total. The fourth-order valence-electron chi connectivity index (χ4n) is 1.40. The first-order chi connectivity index (χ1) is 5.16. The van der Waals surface area contributed by atoms with Crippen molar-refractivity contribution in [3.05, 3.63) is 28.8 Å². The van der Waals surface area contributed by atoms with Gasteiger partial charge < -0.3 is 0 Å². The van der Waals surface area contributed by atoms with Crippen molar-refractivity contribution < 1.29 is 0 Å². The van der Waals surface area contributed by atoms with Gasteiger partial charge in [0.05, 0.1) is 0 Å². The normalized spacial score (nSPS) is 9.45. The van der Waals surface area contributed by atoms with Crippen LogP contribution in [-0.4, -0.2) is 20.4 Å². The minimum atomic E-state index is 0.0250. The van der Waals surface area contributed by atoms with Crippen LogP contribution in [0.3, 0.4) is 0 Å². The van der Waals surface area contributed by atoms with Gasteiger partial charge in [-0.3, -0.25) is 0 Å². The van der Waals surface area contributed by atoms with Crippen LogP contribution < -0.4 is 3.69 Å². The Bertz CT molecular complexity index is 264. The van der Waals surface area contributed by atoms with E-state index >= 15 is 0 Å². The van der Waals surface area contributed by atoms with Gasteiger partial charge in [0.2, 0.25) is 0 Å². The average molecular weight is 159 g/mol. The SMILES string of the molecule is [CH3][Mg][c]1ccc(C)c(C)c1C. The predicted octanol–water partition coefficient (Wildman–Crippen LogP) is 1.99. The average Bonchev–Trinajstić information content (AvgIpc) is 2.01. The van der Waals surface area contributed by atoms with Crippen LogP contribution in [0.25, 0.3) is 0 Å². The van der Waals surface area contributed by atoms with Crippen LogP contribution in [0.5, 0.6) is 0 Å². The molecule has 0 saturated heterocycles. The Morgan fingerprint density at radius 2 is 1.64 bits per heavy atom. The van der Waals surface area contributed by atoms with Crippen molar-refractivity contribution in [1.82, 2.24) is 0 Å². The lowest BCUT2D eigenvalue weighted by molar-refractivity contribution is 1.28. The molecule has 0 aliphatic rings. The molecule has 0 aliphatic heterocycles. The van der Waals surface area contributed by atoms with E-state index in [1.807, 2.05) is 0 Å². The zero-order chi connectivity index (χ0) is 8.43. The molecule has 1 heteroatoms. The second-order valence-electron chi connectivity index (χ2n) is 3.15. The standard InChI is InChI=1S/C9H11.CH3.Mg/c1-7-5-4-6-8(2)9(7)3;;/h4-5H,1-3H3;1H3;. The van der Waals surface area contributed by atoms with E-state index in [1.165, 1.54) is 16.7 Å². The van der Waals surface area contributed by atoms with E-state index in [0.717, 1.165) is 0 Å². The maximum Gasteiger partial charge on any atom is 0.405 e. The molecule has 11 heavy (non-hydrogen) atoms. The van der Waals surface area contributed by atoms with E-state index in [4.69, 9.17) is 0 Å². The second kappa shape index (κ2) is 3.59. The second-order valence-corrected chi connectivity index (χ2v) is 4.61. The highest BCUT2D eigenvalue weighted by Gasteiger charge is 2.01. The smallest absolute Gasteiger partial charge is 0.171 e. The summed E-state index contributed by atoms with van der Waals surface area (Å²) in [5.41, 5.74) is 4.43. The number of aryl methyl sites for hydroxylation is 1. The fraction of sp³-hybridized carbons (Fsp3) is 0.400. The van der Waals surface area contributed by atoms with Gasteiger partial charge in [-0.15, -0.1) is 5.05 Å². The van der Waals surface area contributed by atoms with Gasteiger partial charge >= 0.3 is 20.4 Å². The van der Waals surface area contributed by atoms with Crippen LogP contribution in [-0.2, 0) is 0 Å². The summed E-state index contributed by atoms with van der Waals surface area (Å²) >= 11 is 0.0250. The van der Waals surface area contributed by atoms with Crippen molar-refractivity contribution in [2.45, 2.75) is 25.8 Å². The zero-order valence-corrected chi connectivity index (χ0v) is 9.28. The highest BCUT2D eigenvalue weighted by molar-refractivity contribution is 6.52. The van der Waals surface area contributed by atoms with E-state index in [0.29, 0.717) is 0 Å². The summed E-state index contributed by atoms with van der Waals surface area (Å²) in [6.45, 7) is 6.65. The summed E-state index contributed by atoms with van der Waals surface area (Å²) in [6, 6.07) is 4.54. The Hall–Kier alpha value is -0.0138.